The van der Waals surface area contributed by atoms with E-state index >= 15 is 0 Å². The first-order valence-corrected chi connectivity index (χ1v) is 12.5. The van der Waals surface area contributed by atoms with Gasteiger partial charge in [0.2, 0.25) is 10.0 Å². The van der Waals surface area contributed by atoms with Crippen LogP contribution in [-0.2, 0) is 16.6 Å². The predicted octanol–water partition coefficient (Wildman–Crippen LogP) is 3.39. The van der Waals surface area contributed by atoms with E-state index in [1.165, 1.54) is 33.8 Å². The Hall–Kier alpha value is -2.27. The third kappa shape index (κ3) is 4.41. The molecule has 0 unspecified atom stereocenters. The van der Waals surface area contributed by atoms with Crippen LogP contribution in [0.5, 0.6) is 0 Å². The highest BCUT2D eigenvalue weighted by molar-refractivity contribution is 7.89. The molecule has 3 aromatic rings. The summed E-state index contributed by atoms with van der Waals surface area (Å²) < 4.78 is 40.9. The number of nitrogens with one attached hydrogen (secondary N) is 1. The lowest BCUT2D eigenvalue weighted by Crippen LogP contribution is -2.48. The molecule has 1 aliphatic heterocycles. The van der Waals surface area contributed by atoms with Gasteiger partial charge in [0.1, 0.15) is 15.6 Å². The molecule has 1 fully saturated rings. The van der Waals surface area contributed by atoms with E-state index in [4.69, 9.17) is 0 Å². The van der Waals surface area contributed by atoms with Gasteiger partial charge in [0.05, 0.1) is 6.54 Å². The Morgan fingerprint density at radius 1 is 1.00 bits per heavy atom. The molecule has 3 heterocycles. The second kappa shape index (κ2) is 8.84. The van der Waals surface area contributed by atoms with E-state index in [2.05, 4.69) is 5.32 Å². The normalized spacial score (nSPS) is 15.3. The van der Waals surface area contributed by atoms with Crippen molar-refractivity contribution in [1.29, 1.82) is 0 Å². The van der Waals surface area contributed by atoms with Crippen LogP contribution in [0.25, 0.3) is 0 Å². The van der Waals surface area contributed by atoms with Crippen molar-refractivity contribution in [3.63, 3.8) is 0 Å². The van der Waals surface area contributed by atoms with E-state index in [1.54, 1.807) is 17.5 Å². The number of carbonyl (C=O) groups excluding carboxylic acids is 1. The van der Waals surface area contributed by atoms with Crippen molar-refractivity contribution in [1.82, 2.24) is 9.62 Å². The summed E-state index contributed by atoms with van der Waals surface area (Å²) in [6.45, 7) is 1.95. The number of benzene rings is 1. The van der Waals surface area contributed by atoms with Gasteiger partial charge in [0, 0.05) is 36.7 Å². The Kier molecular flexibility index (Phi) is 6.19. The molecule has 1 amide bonds. The Balaban J connectivity index is 1.43. The highest BCUT2D eigenvalue weighted by atomic mass is 32.2. The number of hydrogen-bond donors (Lipinski definition) is 1. The molecule has 1 aliphatic rings. The number of piperazine rings is 1. The molecule has 0 bridgehead atoms. The van der Waals surface area contributed by atoms with Gasteiger partial charge in [-0.3, -0.25) is 4.79 Å². The number of carbonyl (C=O) groups is 1. The number of nitrogens with zero attached hydrogens (tertiary/aromatic N) is 2. The Morgan fingerprint density at radius 2 is 1.73 bits per heavy atom. The summed E-state index contributed by atoms with van der Waals surface area (Å²) in [7, 11) is -3.78. The average Bonchev–Trinajstić information content (AvgIpc) is 3.45. The molecular formula is C20H20FN3O3S3. The van der Waals surface area contributed by atoms with E-state index in [0.29, 0.717) is 32.7 Å². The molecule has 1 aromatic carbocycles. The Morgan fingerprint density at radius 3 is 2.40 bits per heavy atom. The van der Waals surface area contributed by atoms with Crippen LogP contribution in [0.1, 0.15) is 14.5 Å². The van der Waals surface area contributed by atoms with Crippen molar-refractivity contribution >= 4 is 44.3 Å². The zero-order valence-corrected chi connectivity index (χ0v) is 18.4. The Labute approximate surface area is 182 Å². The minimum atomic E-state index is -3.78. The predicted molar refractivity (Wildman–Crippen MR) is 117 cm³/mol. The number of rotatable bonds is 6. The fraction of sp³-hybridized carbons (Fsp3) is 0.250. The first-order chi connectivity index (χ1) is 14.4. The molecule has 2 aromatic heterocycles. The van der Waals surface area contributed by atoms with Crippen LogP contribution < -0.4 is 10.2 Å². The molecule has 6 nitrogen and oxygen atoms in total. The van der Waals surface area contributed by atoms with Gasteiger partial charge in [0.25, 0.3) is 5.91 Å². The van der Waals surface area contributed by atoms with Crippen molar-refractivity contribution in [2.75, 3.05) is 31.1 Å². The smallest absolute Gasteiger partial charge is 0.263 e. The van der Waals surface area contributed by atoms with Gasteiger partial charge < -0.3 is 10.2 Å². The van der Waals surface area contributed by atoms with Crippen LogP contribution in [0.2, 0.25) is 0 Å². The summed E-state index contributed by atoms with van der Waals surface area (Å²) >= 11 is 2.65. The fourth-order valence-corrected chi connectivity index (χ4v) is 6.69. The molecule has 30 heavy (non-hydrogen) atoms. The van der Waals surface area contributed by atoms with Crippen LogP contribution in [0, 0.1) is 5.82 Å². The zero-order chi connectivity index (χ0) is 21.1. The second-order valence-corrected chi connectivity index (χ2v) is 10.6. The zero-order valence-electron chi connectivity index (χ0n) is 16.0. The molecule has 0 aliphatic carbocycles. The summed E-state index contributed by atoms with van der Waals surface area (Å²) in [4.78, 5) is 15.9. The minimum Gasteiger partial charge on any atom is -0.369 e. The molecule has 0 saturated carbocycles. The molecule has 1 N–H and O–H groups in total. The van der Waals surface area contributed by atoms with E-state index in [-0.39, 0.29) is 21.5 Å². The maximum Gasteiger partial charge on any atom is 0.263 e. The van der Waals surface area contributed by atoms with Crippen LogP contribution >= 0.6 is 22.7 Å². The van der Waals surface area contributed by atoms with Crippen molar-refractivity contribution in [2.45, 2.75) is 11.4 Å². The number of amides is 1. The summed E-state index contributed by atoms with van der Waals surface area (Å²) in [6, 6.07) is 11.5. The van der Waals surface area contributed by atoms with Crippen molar-refractivity contribution in [3.8, 4) is 0 Å². The van der Waals surface area contributed by atoms with Crippen molar-refractivity contribution in [3.05, 3.63) is 68.8 Å². The highest BCUT2D eigenvalue weighted by Crippen LogP contribution is 2.27. The summed E-state index contributed by atoms with van der Waals surface area (Å²) in [5.41, 5.74) is 0.859. The number of halogens is 1. The van der Waals surface area contributed by atoms with E-state index < -0.39 is 10.0 Å². The molecule has 0 atom stereocenters. The Bertz CT molecular complexity index is 1100. The van der Waals surface area contributed by atoms with Crippen LogP contribution in [0.15, 0.2) is 58.1 Å². The van der Waals surface area contributed by atoms with Gasteiger partial charge in [-0.25, -0.2) is 12.8 Å². The van der Waals surface area contributed by atoms with Gasteiger partial charge >= 0.3 is 0 Å². The monoisotopic (exact) mass is 465 g/mol. The fourth-order valence-electron chi connectivity index (χ4n) is 3.30. The van der Waals surface area contributed by atoms with E-state index in [9.17, 15) is 17.6 Å². The SMILES string of the molecule is O=C(NCc1cccs1)c1sccc1S(=O)(=O)N1CCN(c2ccc(F)cc2)CC1. The topological polar surface area (TPSA) is 69.7 Å². The molecule has 0 spiro atoms. The van der Waals surface area contributed by atoms with Crippen molar-refractivity contribution < 1.29 is 17.6 Å². The molecular weight excluding hydrogens is 445 g/mol. The van der Waals surface area contributed by atoms with Gasteiger partial charge in [0.15, 0.2) is 0 Å². The molecule has 158 valence electrons. The minimum absolute atomic E-state index is 0.0476. The van der Waals surface area contributed by atoms with E-state index in [1.807, 2.05) is 22.4 Å². The third-order valence-corrected chi connectivity index (χ3v) is 8.75. The summed E-state index contributed by atoms with van der Waals surface area (Å²) in [5, 5.41) is 6.35. The van der Waals surface area contributed by atoms with Crippen LogP contribution in [0.3, 0.4) is 0 Å². The molecule has 4 rings (SSSR count). The van der Waals surface area contributed by atoms with Gasteiger partial charge in [-0.15, -0.1) is 22.7 Å². The summed E-state index contributed by atoms with van der Waals surface area (Å²) in [5.74, 6) is -0.691. The molecule has 10 heteroatoms. The van der Waals surface area contributed by atoms with Crippen LogP contribution in [-0.4, -0.2) is 44.8 Å². The summed E-state index contributed by atoms with van der Waals surface area (Å²) in [6.07, 6.45) is 0. The van der Waals surface area contributed by atoms with Gasteiger partial charge in [-0.2, -0.15) is 4.31 Å². The number of anilines is 1. The third-order valence-electron chi connectivity index (χ3n) is 4.89. The number of sulfonamides is 1. The van der Waals surface area contributed by atoms with Crippen LogP contribution in [0.4, 0.5) is 10.1 Å². The lowest BCUT2D eigenvalue weighted by molar-refractivity contribution is 0.0952. The second-order valence-electron chi connectivity index (χ2n) is 6.74. The molecule has 0 radical (unpaired) electrons. The standard InChI is InChI=1S/C20H20FN3O3S3/c21-15-3-5-16(6-4-15)23-8-10-24(11-9-23)30(26,27)18-7-13-29-19(18)20(25)22-14-17-2-1-12-28-17/h1-7,12-13H,8-11,14H2,(H,22,25). The quantitative estimate of drug-likeness (QED) is 0.606. The van der Waals surface area contributed by atoms with Gasteiger partial charge in [-0.05, 0) is 47.2 Å². The highest BCUT2D eigenvalue weighted by Gasteiger charge is 2.32. The molecule has 1 saturated heterocycles. The number of thiophene rings is 2. The maximum absolute atomic E-state index is 13.2. The lowest BCUT2D eigenvalue weighted by Gasteiger charge is -2.35. The largest absolute Gasteiger partial charge is 0.369 e. The maximum atomic E-state index is 13.2. The van der Waals surface area contributed by atoms with E-state index in [0.717, 1.165) is 21.9 Å². The van der Waals surface area contributed by atoms with Crippen molar-refractivity contribution in [2.24, 2.45) is 0 Å². The first-order valence-electron chi connectivity index (χ1n) is 9.34. The first kappa shape index (κ1) is 21.0. The average molecular weight is 466 g/mol. The van der Waals surface area contributed by atoms with Gasteiger partial charge in [-0.1, -0.05) is 6.07 Å². The lowest BCUT2D eigenvalue weighted by atomic mass is 10.2. The number of hydrogen-bond acceptors (Lipinski definition) is 6.